The number of likely N-dealkylation sites (tertiary alicyclic amines) is 1. The van der Waals surface area contributed by atoms with Crippen LogP contribution < -0.4 is 9.64 Å². The van der Waals surface area contributed by atoms with Crippen molar-refractivity contribution in [2.24, 2.45) is 0 Å². The molecule has 0 saturated carbocycles. The third-order valence-electron chi connectivity index (χ3n) is 4.53. The van der Waals surface area contributed by atoms with Gasteiger partial charge in [0.2, 0.25) is 0 Å². The lowest BCUT2D eigenvalue weighted by atomic mass is 10.1. The van der Waals surface area contributed by atoms with Crippen molar-refractivity contribution in [2.75, 3.05) is 31.1 Å². The second-order valence-corrected chi connectivity index (χ2v) is 6.02. The third kappa shape index (κ3) is 2.65. The molecule has 1 amide bonds. The first-order valence-corrected chi connectivity index (χ1v) is 8.22. The van der Waals surface area contributed by atoms with Crippen molar-refractivity contribution in [3.63, 3.8) is 0 Å². The highest BCUT2D eigenvalue weighted by Crippen LogP contribution is 2.37. The van der Waals surface area contributed by atoms with Crippen LogP contribution in [0.5, 0.6) is 5.75 Å². The highest BCUT2D eigenvalue weighted by molar-refractivity contribution is 5.95. The molecule has 118 valence electrons. The van der Waals surface area contributed by atoms with Gasteiger partial charge in [-0.15, -0.1) is 0 Å². The number of nitrogens with zero attached hydrogens (tertiary/aromatic N) is 2. The SMILES string of the molecule is O=C(c1ccc2c(c1)OCCN2c1ccccc1)N1CCCC1. The predicted molar refractivity (Wildman–Crippen MR) is 90.5 cm³/mol. The number of carbonyl (C=O) groups excluding carboxylic acids is 1. The summed E-state index contributed by atoms with van der Waals surface area (Å²) in [6.07, 6.45) is 2.21. The molecule has 0 N–H and O–H groups in total. The van der Waals surface area contributed by atoms with Crippen molar-refractivity contribution >= 4 is 17.3 Å². The van der Waals surface area contributed by atoms with Crippen molar-refractivity contribution in [2.45, 2.75) is 12.8 Å². The third-order valence-corrected chi connectivity index (χ3v) is 4.53. The number of carbonyl (C=O) groups is 1. The zero-order valence-electron chi connectivity index (χ0n) is 13.1. The van der Waals surface area contributed by atoms with Gasteiger partial charge in [0.15, 0.2) is 0 Å². The number of benzene rings is 2. The molecule has 2 aliphatic heterocycles. The second kappa shape index (κ2) is 5.95. The minimum absolute atomic E-state index is 0.116. The van der Waals surface area contributed by atoms with Gasteiger partial charge in [-0.2, -0.15) is 0 Å². The van der Waals surface area contributed by atoms with Crippen molar-refractivity contribution in [1.29, 1.82) is 0 Å². The molecule has 4 nitrogen and oxygen atoms in total. The summed E-state index contributed by atoms with van der Waals surface area (Å²) in [5.41, 5.74) is 2.90. The number of fused-ring (bicyclic) bond motifs is 1. The Hall–Kier alpha value is -2.49. The second-order valence-electron chi connectivity index (χ2n) is 6.02. The Morgan fingerprint density at radius 3 is 2.52 bits per heavy atom. The zero-order chi connectivity index (χ0) is 15.6. The molecule has 2 heterocycles. The van der Waals surface area contributed by atoms with E-state index in [9.17, 15) is 4.79 Å². The summed E-state index contributed by atoms with van der Waals surface area (Å²) in [6, 6.07) is 16.1. The van der Waals surface area contributed by atoms with Gasteiger partial charge in [0.25, 0.3) is 5.91 Å². The first-order valence-electron chi connectivity index (χ1n) is 8.22. The van der Waals surface area contributed by atoms with E-state index in [0.29, 0.717) is 6.61 Å². The van der Waals surface area contributed by atoms with Crippen LogP contribution in [-0.4, -0.2) is 37.0 Å². The fourth-order valence-electron chi connectivity index (χ4n) is 3.33. The molecule has 0 unspecified atom stereocenters. The zero-order valence-corrected chi connectivity index (χ0v) is 13.1. The number of rotatable bonds is 2. The summed E-state index contributed by atoms with van der Waals surface area (Å²) < 4.78 is 5.82. The van der Waals surface area contributed by atoms with E-state index in [1.807, 2.05) is 41.3 Å². The van der Waals surface area contributed by atoms with Crippen LogP contribution in [0.3, 0.4) is 0 Å². The summed E-state index contributed by atoms with van der Waals surface area (Å²) >= 11 is 0. The molecule has 0 spiro atoms. The van der Waals surface area contributed by atoms with Gasteiger partial charge in [-0.1, -0.05) is 18.2 Å². The molecule has 4 rings (SSSR count). The van der Waals surface area contributed by atoms with Crippen LogP contribution in [0.15, 0.2) is 48.5 Å². The topological polar surface area (TPSA) is 32.8 Å². The molecule has 2 aromatic carbocycles. The quantitative estimate of drug-likeness (QED) is 0.852. The minimum atomic E-state index is 0.116. The van der Waals surface area contributed by atoms with Crippen molar-refractivity contribution in [3.8, 4) is 5.75 Å². The average molecular weight is 308 g/mol. The summed E-state index contributed by atoms with van der Waals surface area (Å²) in [5.74, 6) is 0.913. The normalized spacial score (nSPS) is 16.9. The summed E-state index contributed by atoms with van der Waals surface area (Å²) in [5, 5.41) is 0. The van der Waals surface area contributed by atoms with Gasteiger partial charge in [-0.05, 0) is 43.2 Å². The van der Waals surface area contributed by atoms with Gasteiger partial charge in [0, 0.05) is 24.3 Å². The molecule has 2 aromatic rings. The molecule has 4 heteroatoms. The summed E-state index contributed by atoms with van der Waals surface area (Å²) in [7, 11) is 0. The molecular weight excluding hydrogens is 288 g/mol. The predicted octanol–water partition coefficient (Wildman–Crippen LogP) is 3.45. The van der Waals surface area contributed by atoms with Gasteiger partial charge >= 0.3 is 0 Å². The maximum absolute atomic E-state index is 12.5. The van der Waals surface area contributed by atoms with Crippen LogP contribution in [0.25, 0.3) is 0 Å². The number of anilines is 2. The van der Waals surface area contributed by atoms with Gasteiger partial charge in [0.05, 0.1) is 12.2 Å². The fraction of sp³-hybridized carbons (Fsp3) is 0.316. The van der Waals surface area contributed by atoms with Crippen LogP contribution >= 0.6 is 0 Å². The maximum Gasteiger partial charge on any atom is 0.253 e. The van der Waals surface area contributed by atoms with Crippen LogP contribution in [0.1, 0.15) is 23.2 Å². The van der Waals surface area contributed by atoms with E-state index in [2.05, 4.69) is 17.0 Å². The molecule has 0 radical (unpaired) electrons. The summed E-state index contributed by atoms with van der Waals surface area (Å²) in [4.78, 5) is 16.7. The Labute approximate surface area is 136 Å². The number of para-hydroxylation sites is 1. The number of hydrogen-bond donors (Lipinski definition) is 0. The van der Waals surface area contributed by atoms with Crippen molar-refractivity contribution in [3.05, 3.63) is 54.1 Å². The Morgan fingerprint density at radius 1 is 0.957 bits per heavy atom. The molecular formula is C19H20N2O2. The molecule has 0 aromatic heterocycles. The Balaban J connectivity index is 1.65. The molecule has 1 fully saturated rings. The standard InChI is InChI=1S/C19H20N2O2/c22-19(20-10-4-5-11-20)15-8-9-17-18(14-15)23-13-12-21(17)16-6-2-1-3-7-16/h1-3,6-9,14H,4-5,10-13H2. The fourth-order valence-corrected chi connectivity index (χ4v) is 3.33. The highest BCUT2D eigenvalue weighted by Gasteiger charge is 2.24. The number of ether oxygens (including phenoxy) is 1. The van der Waals surface area contributed by atoms with Gasteiger partial charge in [-0.3, -0.25) is 4.79 Å². The van der Waals surface area contributed by atoms with E-state index in [0.717, 1.165) is 55.2 Å². The number of amides is 1. The van der Waals surface area contributed by atoms with E-state index in [1.54, 1.807) is 0 Å². The van der Waals surface area contributed by atoms with Crippen LogP contribution in [0.4, 0.5) is 11.4 Å². The van der Waals surface area contributed by atoms with Crippen molar-refractivity contribution in [1.82, 2.24) is 4.90 Å². The van der Waals surface area contributed by atoms with E-state index < -0.39 is 0 Å². The molecule has 1 saturated heterocycles. The first-order chi connectivity index (χ1) is 11.3. The van der Waals surface area contributed by atoms with Gasteiger partial charge in [-0.25, -0.2) is 0 Å². The van der Waals surface area contributed by atoms with Crippen LogP contribution in [0, 0.1) is 0 Å². The molecule has 2 aliphatic rings. The Morgan fingerprint density at radius 2 is 1.74 bits per heavy atom. The molecule has 0 aliphatic carbocycles. The largest absolute Gasteiger partial charge is 0.490 e. The van der Waals surface area contributed by atoms with E-state index >= 15 is 0 Å². The van der Waals surface area contributed by atoms with Crippen LogP contribution in [0.2, 0.25) is 0 Å². The lowest BCUT2D eigenvalue weighted by Gasteiger charge is -2.31. The average Bonchev–Trinajstić information content (AvgIpc) is 3.15. The van der Waals surface area contributed by atoms with Crippen molar-refractivity contribution < 1.29 is 9.53 Å². The number of hydrogen-bond acceptors (Lipinski definition) is 3. The highest BCUT2D eigenvalue weighted by atomic mass is 16.5. The van der Waals surface area contributed by atoms with E-state index in [1.165, 1.54) is 0 Å². The molecule has 0 atom stereocenters. The Kier molecular flexibility index (Phi) is 3.66. The Bertz CT molecular complexity index is 709. The van der Waals surface area contributed by atoms with Gasteiger partial charge < -0.3 is 14.5 Å². The molecule has 0 bridgehead atoms. The maximum atomic E-state index is 12.5. The first kappa shape index (κ1) is 14.1. The smallest absolute Gasteiger partial charge is 0.253 e. The monoisotopic (exact) mass is 308 g/mol. The van der Waals surface area contributed by atoms with E-state index in [-0.39, 0.29) is 5.91 Å². The lowest BCUT2D eigenvalue weighted by molar-refractivity contribution is 0.0792. The van der Waals surface area contributed by atoms with Gasteiger partial charge in [0.1, 0.15) is 12.4 Å². The van der Waals surface area contributed by atoms with E-state index in [4.69, 9.17) is 4.74 Å². The van der Waals surface area contributed by atoms with Crippen LogP contribution in [-0.2, 0) is 0 Å². The minimum Gasteiger partial charge on any atom is -0.490 e. The molecule has 23 heavy (non-hydrogen) atoms. The summed E-state index contributed by atoms with van der Waals surface area (Å²) in [6.45, 7) is 3.18. The lowest BCUT2D eigenvalue weighted by Crippen LogP contribution is -2.30.